The highest BCUT2D eigenvalue weighted by Gasteiger charge is 2.57. The van der Waals surface area contributed by atoms with Crippen LogP contribution in [-0.4, -0.2) is 82.1 Å². The number of aliphatic carboxylic acids is 1. The van der Waals surface area contributed by atoms with Crippen molar-refractivity contribution in [1.82, 2.24) is 20.1 Å². The van der Waals surface area contributed by atoms with Crippen molar-refractivity contribution >= 4 is 29.1 Å². The van der Waals surface area contributed by atoms with Crippen LogP contribution in [-0.2, 0) is 9.59 Å². The zero-order chi connectivity index (χ0) is 23.7. The van der Waals surface area contributed by atoms with Gasteiger partial charge in [-0.05, 0) is 32.7 Å². The summed E-state index contributed by atoms with van der Waals surface area (Å²) >= 11 is 1.42. The number of nitrogens with one attached hydrogen (secondary N) is 1. The van der Waals surface area contributed by atoms with E-state index in [0.29, 0.717) is 19.0 Å². The van der Waals surface area contributed by atoms with Crippen molar-refractivity contribution in [3.8, 4) is 0 Å². The molecular weight excluding hydrogens is 449 g/mol. The molecule has 0 aromatic carbocycles. The predicted molar refractivity (Wildman–Crippen MR) is 110 cm³/mol. The first-order valence-electron chi connectivity index (χ1n) is 10.5. The molecule has 1 aromatic heterocycles. The molecule has 4 rings (SSSR count). The Hall–Kier alpha value is -2.21. The van der Waals surface area contributed by atoms with Crippen LogP contribution < -0.4 is 5.32 Å². The third-order valence-corrected chi connectivity index (χ3v) is 7.40. The van der Waals surface area contributed by atoms with Crippen molar-refractivity contribution in [3.05, 3.63) is 16.1 Å². The molecule has 2 N–H and O–H groups in total. The number of aromatic nitrogens is 1. The zero-order valence-corrected chi connectivity index (χ0v) is 18.8. The lowest BCUT2D eigenvalue weighted by Gasteiger charge is -2.42. The van der Waals surface area contributed by atoms with E-state index in [1.54, 1.807) is 5.51 Å². The van der Waals surface area contributed by atoms with Gasteiger partial charge in [-0.2, -0.15) is 13.2 Å². The number of rotatable bonds is 3. The van der Waals surface area contributed by atoms with Crippen LogP contribution in [0.5, 0.6) is 0 Å². The van der Waals surface area contributed by atoms with Gasteiger partial charge in [0.2, 0.25) is 5.91 Å². The quantitative estimate of drug-likeness (QED) is 0.693. The number of carboxylic acids is 1. The summed E-state index contributed by atoms with van der Waals surface area (Å²) in [5, 5.41) is 10.5. The minimum Gasteiger partial charge on any atom is -0.475 e. The lowest BCUT2D eigenvalue weighted by molar-refractivity contribution is -0.192. The molecule has 1 aromatic rings. The summed E-state index contributed by atoms with van der Waals surface area (Å²) in [7, 11) is 0. The van der Waals surface area contributed by atoms with Crippen LogP contribution >= 0.6 is 11.3 Å². The Bertz CT molecular complexity index is 867. The van der Waals surface area contributed by atoms with Crippen LogP contribution in [0.15, 0.2) is 5.51 Å². The third kappa shape index (κ3) is 4.90. The summed E-state index contributed by atoms with van der Waals surface area (Å²) in [4.78, 5) is 43.4. The van der Waals surface area contributed by atoms with E-state index in [0.717, 1.165) is 49.5 Å². The second kappa shape index (κ2) is 9.34. The van der Waals surface area contributed by atoms with Gasteiger partial charge < -0.3 is 20.2 Å². The van der Waals surface area contributed by atoms with Crippen molar-refractivity contribution in [1.29, 1.82) is 0 Å². The lowest BCUT2D eigenvalue weighted by atomic mass is 9.75. The molecule has 2 atom stereocenters. The Kier molecular flexibility index (Phi) is 7.13. The number of thiazole rings is 1. The molecule has 3 saturated heterocycles. The molecule has 3 aliphatic rings. The molecule has 3 fully saturated rings. The summed E-state index contributed by atoms with van der Waals surface area (Å²) in [6.45, 7) is 8.49. The van der Waals surface area contributed by atoms with Gasteiger partial charge >= 0.3 is 12.1 Å². The van der Waals surface area contributed by atoms with E-state index in [9.17, 15) is 22.8 Å². The number of nitrogens with zero attached hydrogens (tertiary/aromatic N) is 3. The van der Waals surface area contributed by atoms with Crippen LogP contribution in [0.2, 0.25) is 0 Å². The molecule has 1 spiro atoms. The Morgan fingerprint density at radius 1 is 1.31 bits per heavy atom. The molecular formula is C20H27F3N4O4S. The number of halogens is 3. The molecule has 0 bridgehead atoms. The number of carboxylic acid groups (broad SMARTS) is 1. The number of carbonyl (C=O) groups is 3. The second-order valence-electron chi connectivity index (χ2n) is 8.48. The van der Waals surface area contributed by atoms with Crippen molar-refractivity contribution in [2.75, 3.05) is 32.7 Å². The summed E-state index contributed by atoms with van der Waals surface area (Å²) in [5.74, 6) is -1.91. The average molecular weight is 477 g/mol. The van der Waals surface area contributed by atoms with E-state index in [-0.39, 0.29) is 23.3 Å². The smallest absolute Gasteiger partial charge is 0.475 e. The molecule has 178 valence electrons. The molecule has 0 radical (unpaired) electrons. The van der Waals surface area contributed by atoms with Crippen molar-refractivity contribution in [2.45, 2.75) is 44.8 Å². The number of hydrogen-bond donors (Lipinski definition) is 2. The van der Waals surface area contributed by atoms with Gasteiger partial charge in [0.15, 0.2) is 0 Å². The summed E-state index contributed by atoms with van der Waals surface area (Å²) in [5.41, 5.74) is 2.44. The SMILES string of the molecule is CCCN1C[C@H]2C(=O)NC3(CCN(C(=O)c4scnc4C)CC3)[C@H]2C1.O=C(O)C(F)(F)F. The van der Waals surface area contributed by atoms with Crippen LogP contribution in [0, 0.1) is 18.8 Å². The van der Waals surface area contributed by atoms with Crippen molar-refractivity contribution in [2.24, 2.45) is 11.8 Å². The summed E-state index contributed by atoms with van der Waals surface area (Å²) < 4.78 is 31.7. The normalized spacial score (nSPS) is 24.7. The van der Waals surface area contributed by atoms with Gasteiger partial charge in [-0.25, -0.2) is 9.78 Å². The van der Waals surface area contributed by atoms with Crippen LogP contribution in [0.1, 0.15) is 41.6 Å². The molecule has 4 heterocycles. The molecule has 0 aliphatic carbocycles. The molecule has 3 aliphatic heterocycles. The van der Waals surface area contributed by atoms with Crippen LogP contribution in [0.3, 0.4) is 0 Å². The number of carbonyl (C=O) groups excluding carboxylic acids is 2. The standard InChI is InChI=1S/C18H26N4O2S.C2HF3O2/c1-3-6-21-9-13-14(10-21)18(20-16(13)23)4-7-22(8-5-18)17(24)15-12(2)19-11-25-15;3-2(4,5)1(6)7/h11,13-14H,3-10H2,1-2H3,(H,20,23);(H,6,7)/t13-,14+;/m1./s1. The largest absolute Gasteiger partial charge is 0.490 e. The van der Waals surface area contributed by atoms with Crippen molar-refractivity contribution < 1.29 is 32.7 Å². The Balaban J connectivity index is 0.000000360. The topological polar surface area (TPSA) is 103 Å². The van der Waals surface area contributed by atoms with Gasteiger partial charge in [-0.15, -0.1) is 11.3 Å². The van der Waals surface area contributed by atoms with Gasteiger partial charge in [0.1, 0.15) is 4.88 Å². The second-order valence-corrected chi connectivity index (χ2v) is 9.33. The number of fused-ring (bicyclic) bond motifs is 2. The summed E-state index contributed by atoms with van der Waals surface area (Å²) in [6.07, 6.45) is -2.22. The van der Waals surface area contributed by atoms with E-state index in [1.807, 2.05) is 11.8 Å². The fourth-order valence-corrected chi connectivity index (χ4v) is 5.67. The highest BCUT2D eigenvalue weighted by atomic mass is 32.1. The highest BCUT2D eigenvalue weighted by molar-refractivity contribution is 7.11. The lowest BCUT2D eigenvalue weighted by Crippen LogP contribution is -2.56. The number of likely N-dealkylation sites (tertiary alicyclic amines) is 2. The number of amides is 2. The van der Waals surface area contributed by atoms with Gasteiger partial charge in [0.25, 0.3) is 5.91 Å². The number of aryl methyl sites for hydroxylation is 1. The van der Waals surface area contributed by atoms with E-state index >= 15 is 0 Å². The average Bonchev–Trinajstić information content (AvgIpc) is 3.40. The fourth-order valence-electron chi connectivity index (χ4n) is 4.90. The van der Waals surface area contributed by atoms with Gasteiger partial charge in [0, 0.05) is 37.6 Å². The maximum atomic E-state index is 12.7. The first kappa shape index (κ1) is 24.4. The van der Waals surface area contributed by atoms with Crippen LogP contribution in [0.25, 0.3) is 0 Å². The number of alkyl halides is 3. The highest BCUT2D eigenvalue weighted by Crippen LogP contribution is 2.44. The minimum atomic E-state index is -5.08. The Morgan fingerprint density at radius 2 is 1.94 bits per heavy atom. The number of hydrogen-bond acceptors (Lipinski definition) is 6. The fraction of sp³-hybridized carbons (Fsp3) is 0.700. The first-order chi connectivity index (χ1) is 15.0. The van der Waals surface area contributed by atoms with E-state index < -0.39 is 12.1 Å². The maximum Gasteiger partial charge on any atom is 0.490 e. The molecule has 0 unspecified atom stereocenters. The Morgan fingerprint density at radius 3 is 2.44 bits per heavy atom. The maximum absolute atomic E-state index is 12.7. The summed E-state index contributed by atoms with van der Waals surface area (Å²) in [6, 6.07) is 0. The predicted octanol–water partition coefficient (Wildman–Crippen LogP) is 2.15. The molecule has 8 nitrogen and oxygen atoms in total. The molecule has 32 heavy (non-hydrogen) atoms. The first-order valence-corrected chi connectivity index (χ1v) is 11.4. The molecule has 2 amide bonds. The van der Waals surface area contributed by atoms with E-state index in [2.05, 4.69) is 22.1 Å². The van der Waals surface area contributed by atoms with E-state index in [1.165, 1.54) is 11.3 Å². The molecule has 0 saturated carbocycles. The zero-order valence-electron chi connectivity index (χ0n) is 17.9. The van der Waals surface area contributed by atoms with Gasteiger partial charge in [-0.3, -0.25) is 9.59 Å². The minimum absolute atomic E-state index is 0.0924. The molecule has 12 heteroatoms. The third-order valence-electron chi connectivity index (χ3n) is 6.48. The van der Waals surface area contributed by atoms with Crippen molar-refractivity contribution in [3.63, 3.8) is 0 Å². The number of piperidine rings is 1. The van der Waals surface area contributed by atoms with Gasteiger partial charge in [-0.1, -0.05) is 6.92 Å². The van der Waals surface area contributed by atoms with Gasteiger partial charge in [0.05, 0.1) is 17.1 Å². The monoisotopic (exact) mass is 476 g/mol. The van der Waals surface area contributed by atoms with Crippen LogP contribution in [0.4, 0.5) is 13.2 Å². The van der Waals surface area contributed by atoms with E-state index in [4.69, 9.17) is 9.90 Å². The Labute approximate surface area is 187 Å².